The second kappa shape index (κ2) is 3.24. The Balaban J connectivity index is 1.92. The number of benzene rings is 1. The molecule has 1 aromatic carbocycles. The molecule has 1 aromatic rings. The van der Waals surface area contributed by atoms with E-state index in [1.54, 1.807) is 6.07 Å². The van der Waals surface area contributed by atoms with Crippen LogP contribution in [0.4, 0.5) is 5.69 Å². The number of hydrogen-bond acceptors (Lipinski definition) is 2. The van der Waals surface area contributed by atoms with Gasteiger partial charge < -0.3 is 10.0 Å². The minimum Gasteiger partial charge on any atom is -0.478 e. The molecule has 0 spiro atoms. The molecule has 16 heavy (non-hydrogen) atoms. The molecular weight excluding hydrogens is 202 g/mol. The van der Waals surface area contributed by atoms with E-state index in [-0.39, 0.29) is 0 Å². The van der Waals surface area contributed by atoms with E-state index < -0.39 is 5.97 Å². The zero-order chi connectivity index (χ0) is 11.3. The Labute approximate surface area is 94.7 Å². The maximum Gasteiger partial charge on any atom is 0.335 e. The fourth-order valence-electron chi connectivity index (χ4n) is 2.68. The van der Waals surface area contributed by atoms with Crippen molar-refractivity contribution in [2.24, 2.45) is 11.8 Å². The molecule has 1 saturated heterocycles. The number of hydrogen-bond donors (Lipinski definition) is 1. The third-order valence-electron chi connectivity index (χ3n) is 3.78. The summed E-state index contributed by atoms with van der Waals surface area (Å²) in [4.78, 5) is 13.3. The number of carbonyl (C=O) groups is 1. The van der Waals surface area contributed by atoms with Crippen LogP contribution in [0.2, 0.25) is 0 Å². The first-order chi connectivity index (χ1) is 7.65. The third kappa shape index (κ3) is 1.47. The quantitative estimate of drug-likeness (QED) is 0.825. The smallest absolute Gasteiger partial charge is 0.335 e. The summed E-state index contributed by atoms with van der Waals surface area (Å²) in [5, 5.41) is 8.99. The Kier molecular flexibility index (Phi) is 1.96. The van der Waals surface area contributed by atoms with Crippen molar-refractivity contribution in [2.75, 3.05) is 18.0 Å². The summed E-state index contributed by atoms with van der Waals surface area (Å²) < 4.78 is 0. The van der Waals surface area contributed by atoms with Gasteiger partial charge in [-0.05, 0) is 42.9 Å². The van der Waals surface area contributed by atoms with Crippen LogP contribution in [0.25, 0.3) is 0 Å². The van der Waals surface area contributed by atoms with Gasteiger partial charge in [-0.2, -0.15) is 0 Å². The van der Waals surface area contributed by atoms with E-state index in [2.05, 4.69) is 4.90 Å². The van der Waals surface area contributed by atoms with Gasteiger partial charge >= 0.3 is 5.97 Å². The fraction of sp³-hybridized carbons (Fsp3) is 0.462. The van der Waals surface area contributed by atoms with Crippen LogP contribution in [0.3, 0.4) is 0 Å². The molecule has 1 aliphatic carbocycles. The normalized spacial score (nSPS) is 26.7. The Hall–Kier alpha value is -1.51. The fourth-order valence-corrected chi connectivity index (χ4v) is 2.68. The molecule has 1 aliphatic heterocycles. The molecule has 0 radical (unpaired) electrons. The Morgan fingerprint density at radius 1 is 1.38 bits per heavy atom. The molecule has 0 aromatic heterocycles. The average Bonchev–Trinajstić information content (AvgIpc) is 2.86. The summed E-state index contributed by atoms with van der Waals surface area (Å²) in [5.41, 5.74) is 2.67. The van der Waals surface area contributed by atoms with Gasteiger partial charge in [-0.25, -0.2) is 4.79 Å². The highest BCUT2D eigenvalue weighted by Gasteiger charge is 2.45. The lowest BCUT2D eigenvalue weighted by atomic mass is 10.1. The van der Waals surface area contributed by atoms with Crippen LogP contribution in [0, 0.1) is 18.8 Å². The molecule has 1 N–H and O–H groups in total. The standard InChI is InChI=1S/C13H15NO2/c1-8-2-3-9(13(15)16)5-12(8)14-6-10-4-11(10)7-14/h2-3,5,10-11H,4,6-7H2,1H3,(H,15,16). The Morgan fingerprint density at radius 2 is 2.06 bits per heavy atom. The van der Waals surface area contributed by atoms with Crippen molar-refractivity contribution in [1.29, 1.82) is 0 Å². The van der Waals surface area contributed by atoms with Gasteiger partial charge in [-0.1, -0.05) is 6.07 Å². The minimum atomic E-state index is -0.842. The van der Waals surface area contributed by atoms with Crippen molar-refractivity contribution in [3.05, 3.63) is 29.3 Å². The Bertz CT molecular complexity index is 445. The lowest BCUT2D eigenvalue weighted by Crippen LogP contribution is -2.23. The van der Waals surface area contributed by atoms with Gasteiger partial charge in [0.15, 0.2) is 0 Å². The molecule has 3 heteroatoms. The number of carboxylic acids is 1. The second-order valence-electron chi connectivity index (χ2n) is 4.97. The van der Waals surface area contributed by atoms with Crippen LogP contribution in [-0.4, -0.2) is 24.2 Å². The van der Waals surface area contributed by atoms with Crippen molar-refractivity contribution < 1.29 is 9.90 Å². The molecule has 2 atom stereocenters. The third-order valence-corrected chi connectivity index (χ3v) is 3.78. The molecule has 3 rings (SSSR count). The lowest BCUT2D eigenvalue weighted by Gasteiger charge is -2.22. The average molecular weight is 217 g/mol. The zero-order valence-corrected chi connectivity index (χ0v) is 9.31. The SMILES string of the molecule is Cc1ccc(C(=O)O)cc1N1CC2CC2C1. The van der Waals surface area contributed by atoms with Crippen LogP contribution in [0.5, 0.6) is 0 Å². The molecule has 84 valence electrons. The van der Waals surface area contributed by atoms with E-state index >= 15 is 0 Å². The van der Waals surface area contributed by atoms with Crippen LogP contribution in [0.15, 0.2) is 18.2 Å². The molecule has 2 unspecified atom stereocenters. The van der Waals surface area contributed by atoms with Gasteiger partial charge in [0, 0.05) is 18.8 Å². The topological polar surface area (TPSA) is 40.5 Å². The van der Waals surface area contributed by atoms with Crippen molar-refractivity contribution in [1.82, 2.24) is 0 Å². The summed E-state index contributed by atoms with van der Waals surface area (Å²) in [6, 6.07) is 5.39. The number of fused-ring (bicyclic) bond motifs is 1. The molecule has 0 amide bonds. The highest BCUT2D eigenvalue weighted by atomic mass is 16.4. The van der Waals surface area contributed by atoms with Crippen LogP contribution >= 0.6 is 0 Å². The van der Waals surface area contributed by atoms with Gasteiger partial charge in [0.2, 0.25) is 0 Å². The van der Waals surface area contributed by atoms with Crippen LogP contribution < -0.4 is 4.90 Å². The number of anilines is 1. The van der Waals surface area contributed by atoms with Crippen molar-refractivity contribution in [3.63, 3.8) is 0 Å². The van der Waals surface area contributed by atoms with Crippen LogP contribution in [-0.2, 0) is 0 Å². The Morgan fingerprint density at radius 3 is 2.69 bits per heavy atom. The van der Waals surface area contributed by atoms with E-state index in [1.807, 2.05) is 19.1 Å². The van der Waals surface area contributed by atoms with Gasteiger partial charge in [-0.15, -0.1) is 0 Å². The van der Waals surface area contributed by atoms with Gasteiger partial charge in [0.05, 0.1) is 5.56 Å². The number of rotatable bonds is 2. The summed E-state index contributed by atoms with van der Waals surface area (Å²) in [5.74, 6) is 0.895. The molecule has 2 fully saturated rings. The number of carboxylic acid groups (broad SMARTS) is 1. The number of aromatic carboxylic acids is 1. The number of nitrogens with zero attached hydrogens (tertiary/aromatic N) is 1. The summed E-state index contributed by atoms with van der Waals surface area (Å²) in [6.07, 6.45) is 1.37. The minimum absolute atomic E-state index is 0.390. The van der Waals surface area contributed by atoms with E-state index in [9.17, 15) is 4.79 Å². The highest BCUT2D eigenvalue weighted by Crippen LogP contribution is 2.46. The number of aryl methyl sites for hydroxylation is 1. The summed E-state index contributed by atoms with van der Waals surface area (Å²) in [6.45, 7) is 4.26. The van der Waals surface area contributed by atoms with E-state index in [0.717, 1.165) is 30.6 Å². The first kappa shape index (κ1) is 9.70. The zero-order valence-electron chi connectivity index (χ0n) is 9.31. The lowest BCUT2D eigenvalue weighted by molar-refractivity contribution is 0.0697. The van der Waals surface area contributed by atoms with Gasteiger partial charge in [0.25, 0.3) is 0 Å². The van der Waals surface area contributed by atoms with Crippen LogP contribution in [0.1, 0.15) is 22.3 Å². The molecule has 3 nitrogen and oxygen atoms in total. The predicted molar refractivity (Wildman–Crippen MR) is 61.9 cm³/mol. The van der Waals surface area contributed by atoms with E-state index in [4.69, 9.17) is 5.11 Å². The van der Waals surface area contributed by atoms with E-state index in [1.165, 1.54) is 12.0 Å². The molecule has 0 bridgehead atoms. The second-order valence-corrected chi connectivity index (χ2v) is 4.97. The largest absolute Gasteiger partial charge is 0.478 e. The summed E-state index contributed by atoms with van der Waals surface area (Å²) in [7, 11) is 0. The maximum absolute atomic E-state index is 10.9. The van der Waals surface area contributed by atoms with E-state index in [0.29, 0.717) is 5.56 Å². The maximum atomic E-state index is 10.9. The monoisotopic (exact) mass is 217 g/mol. The van der Waals surface area contributed by atoms with Gasteiger partial charge in [0.1, 0.15) is 0 Å². The van der Waals surface area contributed by atoms with Crippen molar-refractivity contribution in [2.45, 2.75) is 13.3 Å². The first-order valence-corrected chi connectivity index (χ1v) is 5.74. The molecule has 1 saturated carbocycles. The van der Waals surface area contributed by atoms with Crippen molar-refractivity contribution in [3.8, 4) is 0 Å². The first-order valence-electron chi connectivity index (χ1n) is 5.74. The molecular formula is C13H15NO2. The molecule has 2 aliphatic rings. The van der Waals surface area contributed by atoms with Crippen molar-refractivity contribution >= 4 is 11.7 Å². The predicted octanol–water partition coefficient (Wildman–Crippen LogP) is 2.15. The number of piperidine rings is 1. The summed E-state index contributed by atoms with van der Waals surface area (Å²) >= 11 is 0. The van der Waals surface area contributed by atoms with Gasteiger partial charge in [-0.3, -0.25) is 0 Å². The molecule has 1 heterocycles. The highest BCUT2D eigenvalue weighted by molar-refractivity contribution is 5.89.